The molecule has 2 N–H and O–H groups in total. The Kier molecular flexibility index (Phi) is 8.00. The number of nitrogens with zero attached hydrogens (tertiary/aromatic N) is 1. The summed E-state index contributed by atoms with van der Waals surface area (Å²) in [7, 11) is 0. The van der Waals surface area contributed by atoms with Gasteiger partial charge in [-0.1, -0.05) is 18.2 Å². The first-order valence-electron chi connectivity index (χ1n) is 8.82. The molecule has 1 aliphatic heterocycles. The molecule has 0 atom stereocenters. The van der Waals surface area contributed by atoms with E-state index in [1.165, 1.54) is 17.4 Å². The van der Waals surface area contributed by atoms with E-state index in [4.69, 9.17) is 0 Å². The molecule has 1 aliphatic rings. The highest BCUT2D eigenvalue weighted by Gasteiger charge is 2.16. The van der Waals surface area contributed by atoms with Gasteiger partial charge in [-0.25, -0.2) is 9.37 Å². The number of nitrogens with one attached hydrogen (secondary N) is 2. The van der Waals surface area contributed by atoms with E-state index in [1.807, 2.05) is 13.0 Å². The molecular weight excluding hydrogens is 373 g/mol. The van der Waals surface area contributed by atoms with E-state index < -0.39 is 0 Å². The van der Waals surface area contributed by atoms with Crippen molar-refractivity contribution >= 4 is 34.8 Å². The number of halogens is 2. The number of carbonyl (C=O) groups excluding carboxylic acids is 1. The summed E-state index contributed by atoms with van der Waals surface area (Å²) in [5, 5.41) is 6.85. The molecule has 2 heterocycles. The lowest BCUT2D eigenvalue weighted by Gasteiger charge is -2.21. The van der Waals surface area contributed by atoms with Crippen molar-refractivity contribution < 1.29 is 9.18 Å². The summed E-state index contributed by atoms with van der Waals surface area (Å²) in [6, 6.07) is 6.77. The van der Waals surface area contributed by atoms with Crippen LogP contribution in [-0.4, -0.2) is 24.0 Å². The molecule has 1 saturated heterocycles. The average Bonchev–Trinajstić information content (AvgIpc) is 2.95. The number of hydrogen-bond donors (Lipinski definition) is 2. The molecule has 0 unspecified atom stereocenters. The predicted molar refractivity (Wildman–Crippen MR) is 107 cm³/mol. The van der Waals surface area contributed by atoms with Gasteiger partial charge in [0.25, 0.3) is 0 Å². The Bertz CT molecular complexity index is 731. The highest BCUT2D eigenvalue weighted by atomic mass is 35.5. The van der Waals surface area contributed by atoms with E-state index in [2.05, 4.69) is 15.6 Å². The van der Waals surface area contributed by atoms with E-state index in [0.717, 1.165) is 42.9 Å². The number of carbonyl (C=O) groups is 1. The Morgan fingerprint density at radius 1 is 1.35 bits per heavy atom. The Hall–Kier alpha value is -1.50. The fourth-order valence-corrected chi connectivity index (χ4v) is 4.15. The van der Waals surface area contributed by atoms with E-state index in [0.29, 0.717) is 29.5 Å². The molecule has 142 valence electrons. The quantitative estimate of drug-likeness (QED) is 0.763. The summed E-state index contributed by atoms with van der Waals surface area (Å²) >= 11 is 1.43. The van der Waals surface area contributed by atoms with Crippen LogP contribution in [0.2, 0.25) is 0 Å². The van der Waals surface area contributed by atoms with Crippen LogP contribution in [-0.2, 0) is 11.2 Å². The van der Waals surface area contributed by atoms with Crippen LogP contribution in [0.5, 0.6) is 0 Å². The Morgan fingerprint density at radius 2 is 2.08 bits per heavy atom. The molecule has 1 aromatic carbocycles. The molecule has 2 aromatic rings. The van der Waals surface area contributed by atoms with E-state index in [-0.39, 0.29) is 24.1 Å². The zero-order chi connectivity index (χ0) is 17.6. The fourth-order valence-electron chi connectivity index (χ4n) is 3.15. The van der Waals surface area contributed by atoms with Crippen molar-refractivity contribution in [1.29, 1.82) is 0 Å². The minimum atomic E-state index is -0.206. The number of aryl methyl sites for hydroxylation is 1. The molecule has 3 rings (SSSR count). The summed E-state index contributed by atoms with van der Waals surface area (Å²) in [5.41, 5.74) is 1.50. The molecule has 1 aromatic heterocycles. The highest BCUT2D eigenvalue weighted by molar-refractivity contribution is 7.15. The fraction of sp³-hybridized carbons (Fsp3) is 0.474. The summed E-state index contributed by atoms with van der Waals surface area (Å²) in [5.74, 6) is 0.453. The first-order chi connectivity index (χ1) is 12.1. The molecule has 0 spiro atoms. The van der Waals surface area contributed by atoms with Gasteiger partial charge in [-0.2, -0.15) is 0 Å². The minimum Gasteiger partial charge on any atom is -0.317 e. The minimum absolute atomic E-state index is 0. The first-order valence-corrected chi connectivity index (χ1v) is 9.63. The molecule has 1 fully saturated rings. The van der Waals surface area contributed by atoms with Gasteiger partial charge in [0.05, 0.1) is 5.69 Å². The van der Waals surface area contributed by atoms with Crippen molar-refractivity contribution in [3.63, 3.8) is 0 Å². The molecule has 0 radical (unpaired) electrons. The molecule has 0 bridgehead atoms. The van der Waals surface area contributed by atoms with Gasteiger partial charge in [-0.05, 0) is 56.8 Å². The summed E-state index contributed by atoms with van der Waals surface area (Å²) < 4.78 is 13.8. The third kappa shape index (κ3) is 5.76. The number of amides is 1. The van der Waals surface area contributed by atoms with Gasteiger partial charge in [0.1, 0.15) is 5.82 Å². The van der Waals surface area contributed by atoms with Crippen molar-refractivity contribution in [3.8, 4) is 0 Å². The Morgan fingerprint density at radius 3 is 2.81 bits per heavy atom. The maximum Gasteiger partial charge on any atom is 0.226 e. The second-order valence-corrected chi connectivity index (χ2v) is 7.66. The van der Waals surface area contributed by atoms with Crippen LogP contribution in [0.4, 0.5) is 9.52 Å². The first kappa shape index (κ1) is 20.8. The van der Waals surface area contributed by atoms with Gasteiger partial charge in [0.15, 0.2) is 5.13 Å². The molecular formula is C19H25ClFN3OS. The standard InChI is InChI=1S/C19H24FN3OS.ClH/c1-13-17(12-15-4-2-3-5-16(15)20)25-19(22-13)23-18(24)7-6-14-8-10-21-11-9-14;/h2-5,14,21H,6-12H2,1H3,(H,22,23,24);1H. The van der Waals surface area contributed by atoms with E-state index in [9.17, 15) is 9.18 Å². The molecule has 4 nitrogen and oxygen atoms in total. The SMILES string of the molecule is Cc1nc(NC(=O)CCC2CCNCC2)sc1Cc1ccccc1F.Cl. The van der Waals surface area contributed by atoms with Gasteiger partial charge >= 0.3 is 0 Å². The van der Waals surface area contributed by atoms with Gasteiger partial charge in [0, 0.05) is 17.7 Å². The number of thiazole rings is 1. The van der Waals surface area contributed by atoms with Crippen molar-refractivity contribution in [1.82, 2.24) is 10.3 Å². The molecule has 26 heavy (non-hydrogen) atoms. The van der Waals surface area contributed by atoms with E-state index >= 15 is 0 Å². The molecule has 7 heteroatoms. The summed E-state index contributed by atoms with van der Waals surface area (Å²) in [6.45, 7) is 4.01. The maximum atomic E-state index is 13.8. The van der Waals surface area contributed by atoms with Gasteiger partial charge in [-0.15, -0.1) is 23.7 Å². The second kappa shape index (κ2) is 10.00. The number of aromatic nitrogens is 1. The Labute approximate surface area is 164 Å². The number of anilines is 1. The number of benzene rings is 1. The predicted octanol–water partition coefficient (Wildman–Crippen LogP) is 4.32. The monoisotopic (exact) mass is 397 g/mol. The van der Waals surface area contributed by atoms with Gasteiger partial charge in [0.2, 0.25) is 5.91 Å². The van der Waals surface area contributed by atoms with Crippen LogP contribution in [0.25, 0.3) is 0 Å². The smallest absolute Gasteiger partial charge is 0.226 e. The summed E-state index contributed by atoms with van der Waals surface area (Å²) in [6.07, 6.45) is 4.26. The average molecular weight is 398 g/mol. The van der Waals surface area contributed by atoms with E-state index in [1.54, 1.807) is 12.1 Å². The van der Waals surface area contributed by atoms with Crippen molar-refractivity contribution in [2.24, 2.45) is 5.92 Å². The molecule has 1 amide bonds. The normalized spacial score (nSPS) is 14.7. The van der Waals surface area contributed by atoms with Crippen molar-refractivity contribution in [3.05, 3.63) is 46.2 Å². The van der Waals surface area contributed by atoms with Gasteiger partial charge < -0.3 is 10.6 Å². The molecule has 0 saturated carbocycles. The number of piperidine rings is 1. The van der Waals surface area contributed by atoms with Crippen LogP contribution in [0.1, 0.15) is 41.8 Å². The topological polar surface area (TPSA) is 54.0 Å². The third-order valence-electron chi connectivity index (χ3n) is 4.69. The van der Waals surface area contributed by atoms with Crippen LogP contribution in [0, 0.1) is 18.7 Å². The van der Waals surface area contributed by atoms with Crippen LogP contribution >= 0.6 is 23.7 Å². The lowest BCUT2D eigenvalue weighted by atomic mass is 9.93. The van der Waals surface area contributed by atoms with Crippen molar-refractivity contribution in [2.45, 2.75) is 39.0 Å². The maximum absolute atomic E-state index is 13.8. The van der Waals surface area contributed by atoms with Crippen LogP contribution in [0.3, 0.4) is 0 Å². The van der Waals surface area contributed by atoms with Crippen LogP contribution in [0.15, 0.2) is 24.3 Å². The van der Waals surface area contributed by atoms with Crippen LogP contribution < -0.4 is 10.6 Å². The number of rotatable bonds is 6. The summed E-state index contributed by atoms with van der Waals surface area (Å²) in [4.78, 5) is 17.6. The lowest BCUT2D eigenvalue weighted by molar-refractivity contribution is -0.116. The lowest BCUT2D eigenvalue weighted by Crippen LogP contribution is -2.28. The third-order valence-corrected chi connectivity index (χ3v) is 5.76. The zero-order valence-electron chi connectivity index (χ0n) is 14.9. The van der Waals surface area contributed by atoms with Gasteiger partial charge in [-0.3, -0.25) is 4.79 Å². The molecule has 0 aliphatic carbocycles. The Balaban J connectivity index is 0.00000243. The number of hydrogen-bond acceptors (Lipinski definition) is 4. The zero-order valence-corrected chi connectivity index (χ0v) is 16.5. The van der Waals surface area contributed by atoms with Crippen molar-refractivity contribution in [2.75, 3.05) is 18.4 Å². The largest absolute Gasteiger partial charge is 0.317 e. The second-order valence-electron chi connectivity index (χ2n) is 6.58. The highest BCUT2D eigenvalue weighted by Crippen LogP contribution is 2.26.